The number of carbonyl (C=O) groups is 1. The Morgan fingerprint density at radius 1 is 1.50 bits per heavy atom. The SMILES string of the molecule is CCCN1CCN(C)CC1C=O. The van der Waals surface area contributed by atoms with Crippen molar-refractivity contribution in [1.82, 2.24) is 9.80 Å². The van der Waals surface area contributed by atoms with Crippen molar-refractivity contribution in [3.05, 3.63) is 0 Å². The van der Waals surface area contributed by atoms with Crippen molar-refractivity contribution in [3.63, 3.8) is 0 Å². The molecule has 1 unspecified atom stereocenters. The maximum Gasteiger partial charge on any atom is 0.138 e. The van der Waals surface area contributed by atoms with E-state index in [0.717, 1.165) is 38.9 Å². The zero-order chi connectivity index (χ0) is 8.97. The second-order valence-electron chi connectivity index (χ2n) is 3.50. The smallest absolute Gasteiger partial charge is 0.138 e. The highest BCUT2D eigenvalue weighted by Gasteiger charge is 2.23. The summed E-state index contributed by atoms with van der Waals surface area (Å²) in [6.07, 6.45) is 2.21. The summed E-state index contributed by atoms with van der Waals surface area (Å²) < 4.78 is 0. The molecule has 0 aromatic rings. The second kappa shape index (κ2) is 4.58. The second-order valence-corrected chi connectivity index (χ2v) is 3.50. The molecule has 3 nitrogen and oxygen atoms in total. The van der Waals surface area contributed by atoms with Crippen molar-refractivity contribution in [2.24, 2.45) is 0 Å². The Bertz CT molecular complexity index is 149. The Morgan fingerprint density at radius 3 is 2.83 bits per heavy atom. The molecule has 70 valence electrons. The van der Waals surface area contributed by atoms with E-state index in [0.29, 0.717) is 0 Å². The fourth-order valence-corrected chi connectivity index (χ4v) is 1.69. The zero-order valence-corrected chi connectivity index (χ0v) is 7.99. The van der Waals surface area contributed by atoms with Gasteiger partial charge in [-0.25, -0.2) is 0 Å². The summed E-state index contributed by atoms with van der Waals surface area (Å²) in [5.74, 6) is 0. The van der Waals surface area contributed by atoms with Crippen molar-refractivity contribution in [2.75, 3.05) is 33.2 Å². The Labute approximate surface area is 74.3 Å². The first kappa shape index (κ1) is 9.68. The maximum atomic E-state index is 10.7. The van der Waals surface area contributed by atoms with E-state index in [2.05, 4.69) is 23.8 Å². The predicted octanol–water partition coefficient (Wildman–Crippen LogP) is 0.211. The Hall–Kier alpha value is -0.410. The lowest BCUT2D eigenvalue weighted by atomic mass is 10.2. The number of carbonyl (C=O) groups excluding carboxylic acids is 1. The molecule has 3 heteroatoms. The number of likely N-dealkylation sites (N-methyl/N-ethyl adjacent to an activating group) is 1. The molecule has 1 aliphatic rings. The maximum absolute atomic E-state index is 10.7. The van der Waals surface area contributed by atoms with E-state index in [4.69, 9.17) is 0 Å². The van der Waals surface area contributed by atoms with Crippen LogP contribution in [-0.4, -0.2) is 55.4 Å². The molecule has 0 bridgehead atoms. The molecule has 0 aromatic heterocycles. The molecule has 1 rings (SSSR count). The van der Waals surface area contributed by atoms with Crippen LogP contribution in [0.25, 0.3) is 0 Å². The number of hydrogen-bond acceptors (Lipinski definition) is 3. The van der Waals surface area contributed by atoms with Gasteiger partial charge >= 0.3 is 0 Å². The zero-order valence-electron chi connectivity index (χ0n) is 7.99. The molecule has 1 fully saturated rings. The van der Waals surface area contributed by atoms with Gasteiger partial charge in [0.25, 0.3) is 0 Å². The van der Waals surface area contributed by atoms with Crippen LogP contribution in [0.4, 0.5) is 0 Å². The van der Waals surface area contributed by atoms with Gasteiger partial charge in [-0.3, -0.25) is 4.90 Å². The van der Waals surface area contributed by atoms with Crippen molar-refractivity contribution >= 4 is 6.29 Å². The molecule has 1 heterocycles. The van der Waals surface area contributed by atoms with Gasteiger partial charge < -0.3 is 9.69 Å². The van der Waals surface area contributed by atoms with Gasteiger partial charge in [-0.15, -0.1) is 0 Å². The molecule has 1 atom stereocenters. The standard InChI is InChI=1S/C9H18N2O/c1-3-4-11-6-5-10(2)7-9(11)8-12/h8-9H,3-7H2,1-2H3. The number of piperazine rings is 1. The molecule has 12 heavy (non-hydrogen) atoms. The van der Waals surface area contributed by atoms with Crippen molar-refractivity contribution in [2.45, 2.75) is 19.4 Å². The van der Waals surface area contributed by atoms with Gasteiger partial charge in [0.15, 0.2) is 0 Å². The van der Waals surface area contributed by atoms with Crippen LogP contribution in [0, 0.1) is 0 Å². The summed E-state index contributed by atoms with van der Waals surface area (Å²) in [4.78, 5) is 15.2. The lowest BCUT2D eigenvalue weighted by molar-refractivity contribution is -0.114. The van der Waals surface area contributed by atoms with Crippen LogP contribution < -0.4 is 0 Å². The third-order valence-corrected chi connectivity index (χ3v) is 2.40. The van der Waals surface area contributed by atoms with Gasteiger partial charge in [0, 0.05) is 19.6 Å². The molecule has 0 radical (unpaired) electrons. The van der Waals surface area contributed by atoms with Crippen molar-refractivity contribution in [3.8, 4) is 0 Å². The number of aldehydes is 1. The molecule has 1 saturated heterocycles. The van der Waals surface area contributed by atoms with Crippen LogP contribution in [0.5, 0.6) is 0 Å². The van der Waals surface area contributed by atoms with E-state index in [1.165, 1.54) is 0 Å². The first-order valence-corrected chi connectivity index (χ1v) is 4.65. The van der Waals surface area contributed by atoms with Crippen LogP contribution in [0.3, 0.4) is 0 Å². The number of nitrogens with zero attached hydrogens (tertiary/aromatic N) is 2. The Kier molecular flexibility index (Phi) is 3.69. The van der Waals surface area contributed by atoms with E-state index >= 15 is 0 Å². The van der Waals surface area contributed by atoms with Crippen LogP contribution >= 0.6 is 0 Å². The highest BCUT2D eigenvalue weighted by atomic mass is 16.1. The topological polar surface area (TPSA) is 23.6 Å². The van der Waals surface area contributed by atoms with Gasteiger partial charge in [0.2, 0.25) is 0 Å². The number of rotatable bonds is 3. The van der Waals surface area contributed by atoms with E-state index in [1.807, 2.05) is 0 Å². The van der Waals surface area contributed by atoms with Crippen LogP contribution in [0.1, 0.15) is 13.3 Å². The van der Waals surface area contributed by atoms with E-state index in [-0.39, 0.29) is 6.04 Å². The lowest BCUT2D eigenvalue weighted by Crippen LogP contribution is -2.52. The van der Waals surface area contributed by atoms with Gasteiger partial charge in [0.05, 0.1) is 6.04 Å². The minimum atomic E-state index is 0.128. The molecular weight excluding hydrogens is 152 g/mol. The Morgan fingerprint density at radius 2 is 2.25 bits per heavy atom. The fourth-order valence-electron chi connectivity index (χ4n) is 1.69. The summed E-state index contributed by atoms with van der Waals surface area (Å²) in [6, 6.07) is 0.128. The lowest BCUT2D eigenvalue weighted by Gasteiger charge is -2.36. The van der Waals surface area contributed by atoms with Gasteiger partial charge in [-0.1, -0.05) is 6.92 Å². The highest BCUT2D eigenvalue weighted by molar-refractivity contribution is 5.58. The Balaban J connectivity index is 2.44. The molecule has 1 aliphatic heterocycles. The summed E-state index contributed by atoms with van der Waals surface area (Å²) in [5, 5.41) is 0. The predicted molar refractivity (Wildman–Crippen MR) is 49.2 cm³/mol. The van der Waals surface area contributed by atoms with Crippen molar-refractivity contribution < 1.29 is 4.79 Å². The average molecular weight is 170 g/mol. The summed E-state index contributed by atoms with van der Waals surface area (Å²) in [7, 11) is 2.07. The quantitative estimate of drug-likeness (QED) is 0.566. The average Bonchev–Trinajstić information content (AvgIpc) is 2.08. The third-order valence-electron chi connectivity index (χ3n) is 2.40. The van der Waals surface area contributed by atoms with Gasteiger partial charge in [0.1, 0.15) is 6.29 Å². The van der Waals surface area contributed by atoms with Crippen molar-refractivity contribution in [1.29, 1.82) is 0 Å². The first-order valence-electron chi connectivity index (χ1n) is 4.65. The third kappa shape index (κ3) is 2.29. The largest absolute Gasteiger partial charge is 0.303 e. The van der Waals surface area contributed by atoms with Crippen LogP contribution in [0.15, 0.2) is 0 Å². The molecule has 0 amide bonds. The van der Waals surface area contributed by atoms with Crippen LogP contribution in [-0.2, 0) is 4.79 Å². The van der Waals surface area contributed by atoms with E-state index in [1.54, 1.807) is 0 Å². The fraction of sp³-hybridized carbons (Fsp3) is 0.889. The summed E-state index contributed by atoms with van der Waals surface area (Å²) in [6.45, 7) is 6.22. The van der Waals surface area contributed by atoms with E-state index in [9.17, 15) is 4.79 Å². The molecule has 0 aliphatic carbocycles. The molecular formula is C9H18N2O. The molecule has 0 saturated carbocycles. The number of hydrogen-bond donors (Lipinski definition) is 0. The normalized spacial score (nSPS) is 27.3. The molecule has 0 aromatic carbocycles. The minimum Gasteiger partial charge on any atom is -0.303 e. The summed E-state index contributed by atoms with van der Waals surface area (Å²) >= 11 is 0. The van der Waals surface area contributed by atoms with Gasteiger partial charge in [-0.05, 0) is 20.0 Å². The monoisotopic (exact) mass is 170 g/mol. The minimum absolute atomic E-state index is 0.128. The van der Waals surface area contributed by atoms with Gasteiger partial charge in [-0.2, -0.15) is 0 Å². The molecule has 0 N–H and O–H groups in total. The highest BCUT2D eigenvalue weighted by Crippen LogP contribution is 2.06. The van der Waals surface area contributed by atoms with Crippen LogP contribution in [0.2, 0.25) is 0 Å². The first-order chi connectivity index (χ1) is 5.77. The summed E-state index contributed by atoms with van der Waals surface area (Å²) in [5.41, 5.74) is 0. The van der Waals surface area contributed by atoms with E-state index < -0.39 is 0 Å². The molecule has 0 spiro atoms.